The van der Waals surface area contributed by atoms with Gasteiger partial charge in [0.25, 0.3) is 5.95 Å². The minimum atomic E-state index is 0.121. The zero-order valence-electron chi connectivity index (χ0n) is 9.73. The quantitative estimate of drug-likeness (QED) is 0.771. The van der Waals surface area contributed by atoms with Crippen LogP contribution in [0.5, 0.6) is 0 Å². The summed E-state index contributed by atoms with van der Waals surface area (Å²) < 4.78 is 1.51. The van der Waals surface area contributed by atoms with Gasteiger partial charge in [-0.15, -0.1) is 0 Å². The van der Waals surface area contributed by atoms with E-state index < -0.39 is 0 Å². The van der Waals surface area contributed by atoms with Crippen LogP contribution in [0.15, 0.2) is 42.7 Å². The van der Waals surface area contributed by atoms with Crippen molar-refractivity contribution in [3.8, 4) is 17.3 Å². The van der Waals surface area contributed by atoms with Crippen LogP contribution in [0, 0.1) is 0 Å². The summed E-state index contributed by atoms with van der Waals surface area (Å²) in [5.74, 6) is 0.895. The third-order valence-electron chi connectivity index (χ3n) is 2.46. The Morgan fingerprint density at radius 3 is 2.63 bits per heavy atom. The second-order valence-electron chi connectivity index (χ2n) is 3.75. The molecule has 94 valence electrons. The largest absolute Gasteiger partial charge is 0.368 e. The molecule has 2 aromatic heterocycles. The maximum Gasteiger partial charge on any atom is 0.255 e. The summed E-state index contributed by atoms with van der Waals surface area (Å²) in [6.07, 6.45) is 3.36. The van der Waals surface area contributed by atoms with Gasteiger partial charge in [0.15, 0.2) is 5.82 Å². The number of nitrogen functional groups attached to an aromatic ring is 1. The van der Waals surface area contributed by atoms with Crippen LogP contribution >= 0.6 is 11.6 Å². The lowest BCUT2D eigenvalue weighted by Crippen LogP contribution is -2.08. The molecule has 0 aliphatic carbocycles. The van der Waals surface area contributed by atoms with Gasteiger partial charge < -0.3 is 5.73 Å². The van der Waals surface area contributed by atoms with Crippen molar-refractivity contribution in [3.63, 3.8) is 0 Å². The molecule has 2 N–H and O–H groups in total. The van der Waals surface area contributed by atoms with E-state index in [9.17, 15) is 0 Å². The smallest absolute Gasteiger partial charge is 0.255 e. The molecule has 1 aromatic carbocycles. The molecule has 0 amide bonds. The first-order valence-electron chi connectivity index (χ1n) is 5.50. The molecule has 0 unspecified atom stereocenters. The average Bonchev–Trinajstić information content (AvgIpc) is 2.92. The lowest BCUT2D eigenvalue weighted by molar-refractivity contribution is 0.801. The van der Waals surface area contributed by atoms with Crippen molar-refractivity contribution in [2.24, 2.45) is 0 Å². The standard InChI is InChI=1S/C12H9ClN6/c13-9-5-2-1-4-8(9)10-16-11(14)18-12(17-10)19-7-3-6-15-19/h1-7H,(H2,14,16,17,18). The minimum Gasteiger partial charge on any atom is -0.368 e. The van der Waals surface area contributed by atoms with E-state index in [1.807, 2.05) is 18.2 Å². The highest BCUT2D eigenvalue weighted by Crippen LogP contribution is 2.25. The number of anilines is 1. The first-order valence-corrected chi connectivity index (χ1v) is 5.88. The Bertz CT molecular complexity index is 710. The topological polar surface area (TPSA) is 82.5 Å². The number of halogens is 1. The van der Waals surface area contributed by atoms with E-state index in [1.54, 1.807) is 24.5 Å². The molecular weight excluding hydrogens is 264 g/mol. The number of hydrogen-bond donors (Lipinski definition) is 1. The molecular formula is C12H9ClN6. The van der Waals surface area contributed by atoms with Crippen LogP contribution in [0.2, 0.25) is 5.02 Å². The lowest BCUT2D eigenvalue weighted by atomic mass is 10.2. The Morgan fingerprint density at radius 2 is 1.89 bits per heavy atom. The number of hydrogen-bond acceptors (Lipinski definition) is 5. The van der Waals surface area contributed by atoms with Crippen molar-refractivity contribution in [2.45, 2.75) is 0 Å². The summed E-state index contributed by atoms with van der Waals surface area (Å²) in [7, 11) is 0. The zero-order valence-corrected chi connectivity index (χ0v) is 10.5. The number of aromatic nitrogens is 5. The van der Waals surface area contributed by atoms with Gasteiger partial charge in [0, 0.05) is 18.0 Å². The molecule has 0 radical (unpaired) electrons. The summed E-state index contributed by atoms with van der Waals surface area (Å²) in [5, 5.41) is 4.62. The molecule has 2 heterocycles. The molecule has 0 bridgehead atoms. The zero-order chi connectivity index (χ0) is 13.2. The van der Waals surface area contributed by atoms with Gasteiger partial charge in [0.1, 0.15) is 0 Å². The van der Waals surface area contributed by atoms with E-state index in [4.69, 9.17) is 17.3 Å². The van der Waals surface area contributed by atoms with Gasteiger partial charge in [-0.05, 0) is 18.2 Å². The highest BCUT2D eigenvalue weighted by Gasteiger charge is 2.10. The molecule has 7 heteroatoms. The number of rotatable bonds is 2. The van der Waals surface area contributed by atoms with Crippen molar-refractivity contribution in [1.29, 1.82) is 0 Å². The summed E-state index contributed by atoms with van der Waals surface area (Å²) in [6.45, 7) is 0. The first kappa shape index (κ1) is 11.6. The van der Waals surface area contributed by atoms with Crippen LogP contribution in [0.3, 0.4) is 0 Å². The van der Waals surface area contributed by atoms with Gasteiger partial charge in [-0.2, -0.15) is 20.1 Å². The average molecular weight is 273 g/mol. The van der Waals surface area contributed by atoms with Crippen molar-refractivity contribution in [3.05, 3.63) is 47.7 Å². The minimum absolute atomic E-state index is 0.121. The Kier molecular flexibility index (Phi) is 2.85. The lowest BCUT2D eigenvalue weighted by Gasteiger charge is -2.06. The van der Waals surface area contributed by atoms with E-state index >= 15 is 0 Å². The highest BCUT2D eigenvalue weighted by molar-refractivity contribution is 6.33. The maximum absolute atomic E-state index is 6.12. The van der Waals surface area contributed by atoms with Crippen LogP contribution in [0.25, 0.3) is 17.3 Å². The second kappa shape index (κ2) is 4.66. The summed E-state index contributed by atoms with van der Waals surface area (Å²) >= 11 is 6.12. The molecule has 0 aliphatic heterocycles. The van der Waals surface area contributed by atoms with Gasteiger partial charge in [-0.3, -0.25) is 0 Å². The molecule has 0 saturated heterocycles. The summed E-state index contributed by atoms with van der Waals surface area (Å²) in [6, 6.07) is 9.06. The van der Waals surface area contributed by atoms with Crippen LogP contribution in [-0.2, 0) is 0 Å². The van der Waals surface area contributed by atoms with Crippen molar-refractivity contribution in [1.82, 2.24) is 24.7 Å². The van der Waals surface area contributed by atoms with Crippen molar-refractivity contribution >= 4 is 17.5 Å². The van der Waals surface area contributed by atoms with Crippen molar-refractivity contribution < 1.29 is 0 Å². The second-order valence-corrected chi connectivity index (χ2v) is 4.15. The molecule has 3 rings (SSSR count). The van der Waals surface area contributed by atoms with Crippen molar-refractivity contribution in [2.75, 3.05) is 5.73 Å². The SMILES string of the molecule is Nc1nc(-c2ccccc2Cl)nc(-n2cccn2)n1. The molecule has 0 fully saturated rings. The van der Waals surface area contributed by atoms with Crippen LogP contribution in [-0.4, -0.2) is 24.7 Å². The monoisotopic (exact) mass is 272 g/mol. The van der Waals surface area contributed by atoms with Gasteiger partial charge in [-0.25, -0.2) is 4.68 Å². The van der Waals surface area contributed by atoms with Crippen LogP contribution in [0.4, 0.5) is 5.95 Å². The Morgan fingerprint density at radius 1 is 1.05 bits per heavy atom. The van der Waals surface area contributed by atoms with E-state index in [2.05, 4.69) is 20.1 Å². The molecule has 19 heavy (non-hydrogen) atoms. The molecule has 6 nitrogen and oxygen atoms in total. The summed E-state index contributed by atoms with van der Waals surface area (Å²) in [5.41, 5.74) is 6.41. The number of nitrogens with zero attached hydrogens (tertiary/aromatic N) is 5. The summed E-state index contributed by atoms with van der Waals surface area (Å²) in [4.78, 5) is 12.5. The molecule has 0 spiro atoms. The fraction of sp³-hybridized carbons (Fsp3) is 0. The fourth-order valence-corrected chi connectivity index (χ4v) is 1.85. The van der Waals surface area contributed by atoms with E-state index in [-0.39, 0.29) is 5.95 Å². The molecule has 0 atom stereocenters. The fourth-order valence-electron chi connectivity index (χ4n) is 1.63. The first-order chi connectivity index (χ1) is 9.24. The number of nitrogens with two attached hydrogens (primary N) is 1. The van der Waals surface area contributed by atoms with Crippen LogP contribution < -0.4 is 5.73 Å². The van der Waals surface area contributed by atoms with Gasteiger partial charge in [-0.1, -0.05) is 23.7 Å². The third-order valence-corrected chi connectivity index (χ3v) is 2.79. The Hall–Kier alpha value is -2.47. The van der Waals surface area contributed by atoms with E-state index in [0.29, 0.717) is 22.4 Å². The Balaban J connectivity index is 2.16. The third kappa shape index (κ3) is 2.25. The van der Waals surface area contributed by atoms with Gasteiger partial charge in [0.2, 0.25) is 5.95 Å². The normalized spacial score (nSPS) is 10.6. The Labute approximate surface area is 113 Å². The number of benzene rings is 1. The van der Waals surface area contributed by atoms with E-state index in [1.165, 1.54) is 4.68 Å². The predicted octanol–water partition coefficient (Wildman–Crippen LogP) is 1.96. The molecule has 0 aliphatic rings. The van der Waals surface area contributed by atoms with Gasteiger partial charge in [0.05, 0.1) is 5.02 Å². The van der Waals surface area contributed by atoms with Gasteiger partial charge >= 0.3 is 0 Å². The highest BCUT2D eigenvalue weighted by atomic mass is 35.5. The molecule has 0 saturated carbocycles. The molecule has 3 aromatic rings. The predicted molar refractivity (Wildman–Crippen MR) is 71.8 cm³/mol. The maximum atomic E-state index is 6.12. The van der Waals surface area contributed by atoms with E-state index in [0.717, 1.165) is 0 Å². The van der Waals surface area contributed by atoms with Crippen LogP contribution in [0.1, 0.15) is 0 Å².